The lowest BCUT2D eigenvalue weighted by Gasteiger charge is -2.05. The Kier molecular flexibility index (Phi) is 2.18. The van der Waals surface area contributed by atoms with Gasteiger partial charge < -0.3 is 5.32 Å². The van der Waals surface area contributed by atoms with Crippen molar-refractivity contribution in [1.82, 2.24) is 19.7 Å². The molecule has 0 radical (unpaired) electrons. The molecular weight excluding hydrogens is 168 g/mol. The third-order valence-electron chi connectivity index (χ3n) is 2.48. The number of hydrogen-bond acceptors (Lipinski definition) is 3. The van der Waals surface area contributed by atoms with Gasteiger partial charge in [-0.15, -0.1) is 0 Å². The molecule has 1 N–H and O–H groups in total. The highest BCUT2D eigenvalue weighted by molar-refractivity contribution is 4.73. The largest absolute Gasteiger partial charge is 0.345 e. The van der Waals surface area contributed by atoms with Gasteiger partial charge in [-0.3, -0.25) is 4.57 Å². The van der Waals surface area contributed by atoms with Crippen molar-refractivity contribution in [2.45, 2.75) is 13.0 Å². The van der Waals surface area contributed by atoms with Gasteiger partial charge in [-0.05, 0) is 25.4 Å². The zero-order valence-corrected chi connectivity index (χ0v) is 7.73. The van der Waals surface area contributed by atoms with Crippen molar-refractivity contribution in [2.24, 2.45) is 13.0 Å². The Balaban J connectivity index is 2.09. The molecule has 1 aliphatic rings. The van der Waals surface area contributed by atoms with Crippen molar-refractivity contribution in [3.8, 4) is 0 Å². The molecule has 5 heteroatoms. The van der Waals surface area contributed by atoms with Gasteiger partial charge in [-0.2, -0.15) is 5.10 Å². The number of aryl methyl sites for hydroxylation is 1. The van der Waals surface area contributed by atoms with Gasteiger partial charge in [0.2, 0.25) is 0 Å². The molecule has 1 aliphatic heterocycles. The maximum atomic E-state index is 11.4. The molecule has 2 rings (SSSR count). The van der Waals surface area contributed by atoms with Crippen LogP contribution in [-0.4, -0.2) is 27.4 Å². The van der Waals surface area contributed by atoms with E-state index in [-0.39, 0.29) is 5.69 Å². The van der Waals surface area contributed by atoms with Crippen molar-refractivity contribution in [3.63, 3.8) is 0 Å². The van der Waals surface area contributed by atoms with Crippen LogP contribution in [0.25, 0.3) is 0 Å². The van der Waals surface area contributed by atoms with Gasteiger partial charge in [0.05, 0.1) is 6.54 Å². The summed E-state index contributed by atoms with van der Waals surface area (Å²) in [6.07, 6.45) is 2.70. The number of nitrogens with zero attached hydrogens (tertiary/aromatic N) is 3. The van der Waals surface area contributed by atoms with E-state index in [1.165, 1.54) is 9.25 Å². The average Bonchev–Trinajstić information content (AvgIpc) is 2.71. The van der Waals surface area contributed by atoms with Crippen LogP contribution >= 0.6 is 0 Å². The van der Waals surface area contributed by atoms with Gasteiger partial charge in [0.25, 0.3) is 0 Å². The minimum absolute atomic E-state index is 0.0214. The summed E-state index contributed by atoms with van der Waals surface area (Å²) in [4.78, 5) is 11.4. The average molecular weight is 182 g/mol. The second-order valence-electron chi connectivity index (χ2n) is 3.57. The van der Waals surface area contributed by atoms with Crippen molar-refractivity contribution in [3.05, 3.63) is 16.8 Å². The third kappa shape index (κ3) is 1.65. The molecule has 2 heterocycles. The van der Waals surface area contributed by atoms with Crippen molar-refractivity contribution in [2.75, 3.05) is 13.1 Å². The Hall–Kier alpha value is -1.10. The normalized spacial score (nSPS) is 22.4. The van der Waals surface area contributed by atoms with E-state index in [2.05, 4.69) is 10.4 Å². The van der Waals surface area contributed by atoms with E-state index in [1.54, 1.807) is 13.4 Å². The summed E-state index contributed by atoms with van der Waals surface area (Å²) in [5.74, 6) is 0.563. The van der Waals surface area contributed by atoms with Gasteiger partial charge in [-0.25, -0.2) is 9.48 Å². The summed E-state index contributed by atoms with van der Waals surface area (Å²) in [6, 6.07) is 0. The van der Waals surface area contributed by atoms with E-state index >= 15 is 0 Å². The van der Waals surface area contributed by atoms with E-state index < -0.39 is 0 Å². The molecule has 1 atom stereocenters. The minimum atomic E-state index is -0.0214. The molecule has 72 valence electrons. The predicted octanol–water partition coefficient (Wildman–Crippen LogP) is -0.809. The Morgan fingerprint density at radius 1 is 1.77 bits per heavy atom. The summed E-state index contributed by atoms with van der Waals surface area (Å²) >= 11 is 0. The Morgan fingerprint density at radius 2 is 2.62 bits per heavy atom. The Bertz CT molecular complexity index is 334. The lowest BCUT2D eigenvalue weighted by molar-refractivity contribution is 0.437. The number of rotatable bonds is 2. The third-order valence-corrected chi connectivity index (χ3v) is 2.48. The molecule has 5 nitrogen and oxygen atoms in total. The molecule has 1 aromatic heterocycles. The second-order valence-corrected chi connectivity index (χ2v) is 3.57. The predicted molar refractivity (Wildman–Crippen MR) is 48.4 cm³/mol. The maximum absolute atomic E-state index is 11.4. The standard InChI is InChI=1S/C8H14N4O/c1-11-6-10-12(8(11)13)5-7-2-3-9-4-7/h6-7,9H,2-5H2,1H3. The lowest BCUT2D eigenvalue weighted by Crippen LogP contribution is -2.27. The first kappa shape index (κ1) is 8.50. The molecule has 13 heavy (non-hydrogen) atoms. The van der Waals surface area contributed by atoms with Crippen molar-refractivity contribution in [1.29, 1.82) is 0 Å². The monoisotopic (exact) mass is 182 g/mol. The highest BCUT2D eigenvalue weighted by Gasteiger charge is 2.16. The topological polar surface area (TPSA) is 51.9 Å². The quantitative estimate of drug-likeness (QED) is 0.651. The maximum Gasteiger partial charge on any atom is 0.345 e. The van der Waals surface area contributed by atoms with Crippen LogP contribution in [-0.2, 0) is 13.6 Å². The van der Waals surface area contributed by atoms with Crippen LogP contribution in [0.1, 0.15) is 6.42 Å². The molecule has 0 bridgehead atoms. The Labute approximate surface area is 76.4 Å². The van der Waals surface area contributed by atoms with E-state index in [1.807, 2.05) is 0 Å². The van der Waals surface area contributed by atoms with Gasteiger partial charge >= 0.3 is 5.69 Å². The van der Waals surface area contributed by atoms with Gasteiger partial charge in [0, 0.05) is 7.05 Å². The summed E-state index contributed by atoms with van der Waals surface area (Å²) in [5.41, 5.74) is -0.0214. The van der Waals surface area contributed by atoms with E-state index in [4.69, 9.17) is 0 Å². The summed E-state index contributed by atoms with van der Waals surface area (Å²) in [6.45, 7) is 2.81. The van der Waals surface area contributed by atoms with Crippen LogP contribution in [0.3, 0.4) is 0 Å². The molecule has 1 saturated heterocycles. The lowest BCUT2D eigenvalue weighted by atomic mass is 10.1. The van der Waals surface area contributed by atoms with Gasteiger partial charge in [-0.1, -0.05) is 0 Å². The fraction of sp³-hybridized carbons (Fsp3) is 0.750. The van der Waals surface area contributed by atoms with Crippen molar-refractivity contribution >= 4 is 0 Å². The highest BCUT2D eigenvalue weighted by atomic mass is 16.2. The second kappa shape index (κ2) is 3.33. The first-order chi connectivity index (χ1) is 6.27. The smallest absolute Gasteiger partial charge is 0.316 e. The van der Waals surface area contributed by atoms with E-state index in [9.17, 15) is 4.79 Å². The molecule has 1 aromatic rings. The first-order valence-electron chi connectivity index (χ1n) is 4.56. The van der Waals surface area contributed by atoms with Crippen LogP contribution in [0.15, 0.2) is 11.1 Å². The van der Waals surface area contributed by atoms with Gasteiger partial charge in [0.15, 0.2) is 0 Å². The van der Waals surface area contributed by atoms with E-state index in [0.29, 0.717) is 5.92 Å². The van der Waals surface area contributed by atoms with Crippen molar-refractivity contribution < 1.29 is 0 Å². The van der Waals surface area contributed by atoms with Crippen LogP contribution in [0.2, 0.25) is 0 Å². The van der Waals surface area contributed by atoms with Gasteiger partial charge in [0.1, 0.15) is 6.33 Å². The number of aromatic nitrogens is 3. The van der Waals surface area contributed by atoms with Crippen LogP contribution in [0, 0.1) is 5.92 Å². The zero-order valence-electron chi connectivity index (χ0n) is 7.73. The highest BCUT2D eigenvalue weighted by Crippen LogP contribution is 2.08. The molecular formula is C8H14N4O. The number of nitrogens with one attached hydrogen (secondary N) is 1. The molecule has 1 fully saturated rings. The minimum Gasteiger partial charge on any atom is -0.316 e. The molecule has 0 amide bonds. The summed E-state index contributed by atoms with van der Waals surface area (Å²) in [5, 5.41) is 7.29. The molecule has 0 aliphatic carbocycles. The molecule has 1 unspecified atom stereocenters. The molecule has 0 saturated carbocycles. The Morgan fingerprint density at radius 3 is 3.15 bits per heavy atom. The summed E-state index contributed by atoms with van der Waals surface area (Å²) in [7, 11) is 1.72. The van der Waals surface area contributed by atoms with E-state index in [0.717, 1.165) is 26.1 Å². The fourth-order valence-electron chi connectivity index (χ4n) is 1.66. The fourth-order valence-corrected chi connectivity index (χ4v) is 1.66. The molecule has 0 aromatic carbocycles. The van der Waals surface area contributed by atoms with Crippen LogP contribution in [0.4, 0.5) is 0 Å². The molecule has 0 spiro atoms. The zero-order chi connectivity index (χ0) is 9.26. The SMILES string of the molecule is Cn1cnn(CC2CCNC2)c1=O. The summed E-state index contributed by atoms with van der Waals surface area (Å²) < 4.78 is 3.04. The van der Waals surface area contributed by atoms with Crippen LogP contribution < -0.4 is 11.0 Å². The number of hydrogen-bond donors (Lipinski definition) is 1. The first-order valence-corrected chi connectivity index (χ1v) is 4.56. The van der Waals surface area contributed by atoms with Crippen LogP contribution in [0.5, 0.6) is 0 Å².